The number of halogens is 1. The number of likely N-dealkylation sites (N-methyl/N-ethyl adjacent to an activating group) is 1. The third-order valence-electron chi connectivity index (χ3n) is 3.54. The van der Waals surface area contributed by atoms with Crippen LogP contribution in [0.5, 0.6) is 0 Å². The molecule has 0 radical (unpaired) electrons. The van der Waals surface area contributed by atoms with Gasteiger partial charge in [-0.25, -0.2) is 8.42 Å². The molecule has 1 aliphatic rings. The van der Waals surface area contributed by atoms with Crippen molar-refractivity contribution in [2.45, 2.75) is 36.6 Å². The summed E-state index contributed by atoms with van der Waals surface area (Å²) in [6, 6.07) is 1.81. The number of hydrogen-bond acceptors (Lipinski definition) is 4. The molecule has 0 N–H and O–H groups in total. The molecule has 0 saturated carbocycles. The molecule has 0 amide bonds. The summed E-state index contributed by atoms with van der Waals surface area (Å²) in [5.74, 6) is 0.363. The van der Waals surface area contributed by atoms with Crippen LogP contribution < -0.4 is 0 Å². The Morgan fingerprint density at radius 1 is 1.50 bits per heavy atom. The minimum atomic E-state index is -3.39. The first-order chi connectivity index (χ1) is 9.36. The Hall–Kier alpha value is -0.140. The minimum absolute atomic E-state index is 0.0775. The first-order valence-corrected chi connectivity index (χ1v) is 9.47. The van der Waals surface area contributed by atoms with Crippen molar-refractivity contribution in [1.29, 1.82) is 0 Å². The number of aryl methyl sites for hydroxylation is 1. The van der Waals surface area contributed by atoms with Gasteiger partial charge in [0, 0.05) is 28.9 Å². The van der Waals surface area contributed by atoms with E-state index in [0.29, 0.717) is 17.3 Å². The number of alkyl halides is 1. The Bertz CT molecular complexity index is 569. The topological polar surface area (TPSA) is 40.6 Å². The van der Waals surface area contributed by atoms with Crippen molar-refractivity contribution in [3.8, 4) is 0 Å². The fraction of sp³-hybridized carbons (Fsp3) is 0.692. The Morgan fingerprint density at radius 3 is 2.75 bits per heavy atom. The molecule has 1 fully saturated rings. The molecule has 0 bridgehead atoms. The van der Waals surface area contributed by atoms with E-state index in [1.165, 1.54) is 11.3 Å². The molecule has 1 saturated heterocycles. The van der Waals surface area contributed by atoms with Crippen LogP contribution in [0.2, 0.25) is 0 Å². The quantitative estimate of drug-likeness (QED) is 0.776. The first kappa shape index (κ1) is 16.2. The molecule has 2 rings (SSSR count). The summed E-state index contributed by atoms with van der Waals surface area (Å²) in [4.78, 5) is 4.22. The summed E-state index contributed by atoms with van der Waals surface area (Å²) < 4.78 is 27.4. The molecule has 1 unspecified atom stereocenters. The molecule has 0 spiro atoms. The van der Waals surface area contributed by atoms with Gasteiger partial charge in [-0.2, -0.15) is 4.31 Å². The van der Waals surface area contributed by atoms with Gasteiger partial charge in [0.15, 0.2) is 0 Å². The monoisotopic (exact) mass is 336 g/mol. The Labute approximate surface area is 130 Å². The molecule has 7 heteroatoms. The van der Waals surface area contributed by atoms with Crippen LogP contribution in [-0.2, 0) is 15.9 Å². The molecule has 2 heterocycles. The highest BCUT2D eigenvalue weighted by molar-refractivity contribution is 7.89. The minimum Gasteiger partial charge on any atom is -0.308 e. The second-order valence-electron chi connectivity index (χ2n) is 5.44. The normalized spacial score (nSPS) is 20.9. The van der Waals surface area contributed by atoms with E-state index >= 15 is 0 Å². The molecule has 0 aromatic carbocycles. The predicted molar refractivity (Wildman–Crippen MR) is 84.1 cm³/mol. The average Bonchev–Trinajstić information content (AvgIpc) is 2.95. The van der Waals surface area contributed by atoms with Gasteiger partial charge in [0.05, 0.1) is 10.8 Å². The van der Waals surface area contributed by atoms with Crippen LogP contribution in [0.15, 0.2) is 11.0 Å². The van der Waals surface area contributed by atoms with Crippen molar-refractivity contribution >= 4 is 33.0 Å². The van der Waals surface area contributed by atoms with Crippen LogP contribution in [0.3, 0.4) is 0 Å². The van der Waals surface area contributed by atoms with E-state index in [1.807, 2.05) is 25.9 Å². The first-order valence-electron chi connectivity index (χ1n) is 6.68. The zero-order chi connectivity index (χ0) is 14.9. The van der Waals surface area contributed by atoms with Crippen molar-refractivity contribution in [3.05, 3.63) is 15.8 Å². The highest BCUT2D eigenvalue weighted by atomic mass is 35.5. The van der Waals surface area contributed by atoms with Crippen molar-refractivity contribution in [3.63, 3.8) is 0 Å². The molecular formula is C13H21ClN2O2S2. The van der Waals surface area contributed by atoms with E-state index in [4.69, 9.17) is 11.6 Å². The number of thiophene rings is 1. The summed E-state index contributed by atoms with van der Waals surface area (Å²) in [7, 11) is 0.559. The fourth-order valence-corrected chi connectivity index (χ4v) is 6.08. The lowest BCUT2D eigenvalue weighted by atomic mass is 10.2. The lowest BCUT2D eigenvalue weighted by Gasteiger charge is -2.26. The number of rotatable bonds is 5. The molecular weight excluding hydrogens is 316 g/mol. The Morgan fingerprint density at radius 2 is 2.20 bits per heavy atom. The Balaban J connectivity index is 2.31. The standard InChI is InChI=1S/C13H21ClN2O2S2/c1-10-13(7-12(8-14)19-10)20(17,18)16-6-4-5-11(16)9-15(2)3/h7,11H,4-6,8-9H2,1-3H3. The maximum Gasteiger partial charge on any atom is 0.244 e. The fourth-order valence-electron chi connectivity index (χ4n) is 2.70. The van der Waals surface area contributed by atoms with Crippen LogP contribution in [-0.4, -0.2) is 50.8 Å². The van der Waals surface area contributed by atoms with Gasteiger partial charge >= 0.3 is 0 Å². The van der Waals surface area contributed by atoms with Gasteiger partial charge in [0.2, 0.25) is 10.0 Å². The highest BCUT2D eigenvalue weighted by Gasteiger charge is 2.36. The van der Waals surface area contributed by atoms with Gasteiger partial charge in [0.25, 0.3) is 0 Å². The SMILES string of the molecule is Cc1sc(CCl)cc1S(=O)(=O)N1CCCC1CN(C)C. The van der Waals surface area contributed by atoms with Gasteiger partial charge in [-0.3, -0.25) is 0 Å². The summed E-state index contributed by atoms with van der Waals surface area (Å²) >= 11 is 7.28. The summed E-state index contributed by atoms with van der Waals surface area (Å²) in [5.41, 5.74) is 0. The van der Waals surface area contributed by atoms with Crippen LogP contribution >= 0.6 is 22.9 Å². The smallest absolute Gasteiger partial charge is 0.244 e. The largest absolute Gasteiger partial charge is 0.308 e. The third kappa shape index (κ3) is 3.20. The molecule has 1 aliphatic heterocycles. The molecule has 114 valence electrons. The van der Waals surface area contributed by atoms with Crippen molar-refractivity contribution < 1.29 is 8.42 Å². The van der Waals surface area contributed by atoms with Crippen molar-refractivity contribution in [1.82, 2.24) is 9.21 Å². The second kappa shape index (κ2) is 6.32. The average molecular weight is 337 g/mol. The van der Waals surface area contributed by atoms with Crippen LogP contribution in [0, 0.1) is 6.92 Å². The van der Waals surface area contributed by atoms with Crippen LogP contribution in [0.25, 0.3) is 0 Å². The van der Waals surface area contributed by atoms with Crippen molar-refractivity contribution in [2.75, 3.05) is 27.2 Å². The lowest BCUT2D eigenvalue weighted by Crippen LogP contribution is -2.41. The van der Waals surface area contributed by atoms with Crippen LogP contribution in [0.1, 0.15) is 22.6 Å². The molecule has 4 nitrogen and oxygen atoms in total. The van der Waals surface area contributed by atoms with E-state index < -0.39 is 10.0 Å². The molecule has 20 heavy (non-hydrogen) atoms. The summed E-state index contributed by atoms with van der Waals surface area (Å²) in [6.45, 7) is 3.24. The molecule has 0 aliphatic carbocycles. The van der Waals surface area contributed by atoms with Crippen LogP contribution in [0.4, 0.5) is 0 Å². The zero-order valence-electron chi connectivity index (χ0n) is 12.1. The summed E-state index contributed by atoms with van der Waals surface area (Å²) in [6.07, 6.45) is 1.87. The van der Waals surface area contributed by atoms with E-state index in [9.17, 15) is 8.42 Å². The maximum atomic E-state index is 12.8. The van der Waals surface area contributed by atoms with E-state index in [1.54, 1.807) is 10.4 Å². The van der Waals surface area contributed by atoms with Gasteiger partial charge in [-0.1, -0.05) is 0 Å². The summed E-state index contributed by atoms with van der Waals surface area (Å²) in [5, 5.41) is 0. The predicted octanol–water partition coefficient (Wildman–Crippen LogP) is 2.51. The molecule has 1 aromatic heterocycles. The molecule has 1 aromatic rings. The maximum absolute atomic E-state index is 12.8. The third-order valence-corrected chi connectivity index (χ3v) is 7.24. The van der Waals surface area contributed by atoms with Gasteiger partial charge < -0.3 is 4.90 Å². The van der Waals surface area contributed by atoms with Gasteiger partial charge in [0.1, 0.15) is 0 Å². The molecule has 1 atom stereocenters. The number of hydrogen-bond donors (Lipinski definition) is 0. The highest BCUT2D eigenvalue weighted by Crippen LogP contribution is 2.32. The van der Waals surface area contributed by atoms with Crippen molar-refractivity contribution in [2.24, 2.45) is 0 Å². The second-order valence-corrected chi connectivity index (χ2v) is 8.91. The van der Waals surface area contributed by atoms with Gasteiger partial charge in [-0.15, -0.1) is 22.9 Å². The van der Waals surface area contributed by atoms with E-state index in [0.717, 1.165) is 29.1 Å². The number of sulfonamides is 1. The lowest BCUT2D eigenvalue weighted by molar-refractivity contribution is 0.291. The zero-order valence-corrected chi connectivity index (χ0v) is 14.5. The van der Waals surface area contributed by atoms with Gasteiger partial charge in [-0.05, 0) is 39.9 Å². The Kier molecular flexibility index (Phi) is 5.13. The van der Waals surface area contributed by atoms with E-state index in [2.05, 4.69) is 0 Å². The number of nitrogens with zero attached hydrogens (tertiary/aromatic N) is 2. The van der Waals surface area contributed by atoms with E-state index in [-0.39, 0.29) is 6.04 Å².